The molecule has 134 valence electrons. The number of aryl methyl sites for hydroxylation is 2. The number of hydrogen-bond donors (Lipinski definition) is 0. The lowest BCUT2D eigenvalue weighted by Gasteiger charge is -2.07. The van der Waals surface area contributed by atoms with E-state index in [1.165, 1.54) is 0 Å². The standard InChI is InChI=1S/C20H22N4O2/c1-4-11-23-12-15(26-17(25)6-3)18-19(23)22-16(5-2)24-14-10-8-7-9-13(14)21-20(18)24/h7-10,12H,4-6,11H2,1-3H3. The van der Waals surface area contributed by atoms with Crippen LogP contribution in [0.4, 0.5) is 0 Å². The molecule has 0 aliphatic heterocycles. The number of aromatic nitrogens is 4. The summed E-state index contributed by atoms with van der Waals surface area (Å²) in [6.07, 6.45) is 3.96. The Labute approximate surface area is 151 Å². The van der Waals surface area contributed by atoms with Crippen LogP contribution in [0.2, 0.25) is 0 Å². The summed E-state index contributed by atoms with van der Waals surface area (Å²) in [6.45, 7) is 6.81. The van der Waals surface area contributed by atoms with E-state index in [0.29, 0.717) is 12.2 Å². The molecular formula is C20H22N4O2. The van der Waals surface area contributed by atoms with Crippen LogP contribution in [0, 0.1) is 0 Å². The van der Waals surface area contributed by atoms with Gasteiger partial charge in [-0.25, -0.2) is 9.97 Å². The van der Waals surface area contributed by atoms with Crippen molar-refractivity contribution in [3.05, 3.63) is 36.3 Å². The lowest BCUT2D eigenvalue weighted by Crippen LogP contribution is -2.06. The maximum Gasteiger partial charge on any atom is 0.310 e. The van der Waals surface area contributed by atoms with E-state index in [2.05, 4.69) is 22.8 Å². The molecular weight excluding hydrogens is 328 g/mol. The molecule has 4 aromatic rings. The number of carbonyl (C=O) groups excluding carboxylic acids is 1. The zero-order valence-corrected chi connectivity index (χ0v) is 15.3. The van der Waals surface area contributed by atoms with E-state index in [9.17, 15) is 4.79 Å². The first-order valence-electron chi connectivity index (χ1n) is 9.17. The van der Waals surface area contributed by atoms with Crippen molar-refractivity contribution in [3.8, 4) is 5.75 Å². The summed E-state index contributed by atoms with van der Waals surface area (Å²) in [5.74, 6) is 1.23. The van der Waals surface area contributed by atoms with Crippen LogP contribution in [-0.2, 0) is 17.8 Å². The van der Waals surface area contributed by atoms with Crippen LogP contribution in [0.3, 0.4) is 0 Å². The molecule has 6 heteroatoms. The Morgan fingerprint density at radius 1 is 1.12 bits per heavy atom. The number of esters is 1. The summed E-state index contributed by atoms with van der Waals surface area (Å²) in [5.41, 5.74) is 3.55. The van der Waals surface area contributed by atoms with E-state index in [4.69, 9.17) is 14.7 Å². The van der Waals surface area contributed by atoms with Gasteiger partial charge in [-0.15, -0.1) is 0 Å². The lowest BCUT2D eigenvalue weighted by atomic mass is 10.3. The highest BCUT2D eigenvalue weighted by atomic mass is 16.5. The maximum absolute atomic E-state index is 11.9. The van der Waals surface area contributed by atoms with E-state index in [-0.39, 0.29) is 5.97 Å². The molecule has 0 radical (unpaired) electrons. The molecule has 3 aromatic heterocycles. The van der Waals surface area contributed by atoms with Crippen molar-refractivity contribution in [2.24, 2.45) is 0 Å². The van der Waals surface area contributed by atoms with Crippen LogP contribution in [0.1, 0.15) is 39.4 Å². The monoisotopic (exact) mass is 350 g/mol. The average molecular weight is 350 g/mol. The lowest BCUT2D eigenvalue weighted by molar-refractivity contribution is -0.133. The number of benzene rings is 1. The Kier molecular flexibility index (Phi) is 4.11. The molecule has 0 N–H and O–H groups in total. The first-order valence-corrected chi connectivity index (χ1v) is 9.17. The van der Waals surface area contributed by atoms with Gasteiger partial charge in [0.15, 0.2) is 11.4 Å². The van der Waals surface area contributed by atoms with E-state index in [1.54, 1.807) is 6.92 Å². The molecule has 0 amide bonds. The topological polar surface area (TPSA) is 61.4 Å². The third-order valence-corrected chi connectivity index (χ3v) is 4.59. The number of carbonyl (C=O) groups is 1. The second-order valence-corrected chi connectivity index (χ2v) is 6.35. The summed E-state index contributed by atoms with van der Waals surface area (Å²) in [4.78, 5) is 21.7. The van der Waals surface area contributed by atoms with Crippen molar-refractivity contribution in [3.63, 3.8) is 0 Å². The summed E-state index contributed by atoms with van der Waals surface area (Å²) >= 11 is 0. The van der Waals surface area contributed by atoms with Crippen molar-refractivity contribution in [2.75, 3.05) is 0 Å². The highest BCUT2D eigenvalue weighted by Gasteiger charge is 2.21. The largest absolute Gasteiger partial charge is 0.424 e. The van der Waals surface area contributed by atoms with E-state index < -0.39 is 0 Å². The summed E-state index contributed by atoms with van der Waals surface area (Å²) in [6, 6.07) is 8.02. The molecule has 4 rings (SSSR count). The van der Waals surface area contributed by atoms with Gasteiger partial charge in [0.2, 0.25) is 0 Å². The molecule has 0 fully saturated rings. The Morgan fingerprint density at radius 3 is 2.65 bits per heavy atom. The molecule has 0 spiro atoms. The number of fused-ring (bicyclic) bond motifs is 5. The van der Waals surface area contributed by atoms with E-state index >= 15 is 0 Å². The van der Waals surface area contributed by atoms with Gasteiger partial charge in [0.1, 0.15) is 16.9 Å². The summed E-state index contributed by atoms with van der Waals surface area (Å²) in [5, 5.41) is 0.800. The SMILES string of the molecule is CCCn1cc(OC(=O)CC)c2c1nc(CC)n1c3ccccc3nc21. The number of imidazole rings is 1. The Balaban J connectivity index is 2.13. The van der Waals surface area contributed by atoms with Crippen LogP contribution in [0.5, 0.6) is 5.75 Å². The molecule has 0 unspecified atom stereocenters. The zero-order valence-electron chi connectivity index (χ0n) is 15.3. The molecule has 0 aliphatic rings. The molecule has 0 atom stereocenters. The fourth-order valence-electron chi connectivity index (χ4n) is 3.40. The van der Waals surface area contributed by atoms with Crippen LogP contribution in [0.25, 0.3) is 27.7 Å². The molecule has 26 heavy (non-hydrogen) atoms. The van der Waals surface area contributed by atoms with Gasteiger partial charge in [0, 0.05) is 25.6 Å². The number of rotatable bonds is 5. The van der Waals surface area contributed by atoms with Gasteiger partial charge < -0.3 is 9.30 Å². The smallest absolute Gasteiger partial charge is 0.310 e. The predicted molar refractivity (Wildman–Crippen MR) is 102 cm³/mol. The number of nitrogens with zero attached hydrogens (tertiary/aromatic N) is 4. The third kappa shape index (κ3) is 2.44. The Morgan fingerprint density at radius 2 is 1.92 bits per heavy atom. The van der Waals surface area contributed by atoms with Crippen molar-refractivity contribution in [1.29, 1.82) is 0 Å². The molecule has 0 saturated carbocycles. The predicted octanol–water partition coefficient (Wildman–Crippen LogP) is 4.13. The van der Waals surface area contributed by atoms with Gasteiger partial charge in [-0.1, -0.05) is 32.9 Å². The van der Waals surface area contributed by atoms with Crippen LogP contribution < -0.4 is 4.74 Å². The molecule has 1 aromatic carbocycles. The number of hydrogen-bond acceptors (Lipinski definition) is 4. The molecule has 0 bridgehead atoms. The Hall–Kier alpha value is -2.89. The van der Waals surface area contributed by atoms with Crippen molar-refractivity contribution < 1.29 is 9.53 Å². The molecule has 6 nitrogen and oxygen atoms in total. The van der Waals surface area contributed by atoms with Gasteiger partial charge in [-0.05, 0) is 18.6 Å². The zero-order chi connectivity index (χ0) is 18.3. The number of para-hydroxylation sites is 2. The van der Waals surface area contributed by atoms with Crippen molar-refractivity contribution >= 4 is 33.7 Å². The minimum Gasteiger partial charge on any atom is -0.424 e. The van der Waals surface area contributed by atoms with Crippen LogP contribution in [-0.4, -0.2) is 24.9 Å². The second-order valence-electron chi connectivity index (χ2n) is 6.35. The summed E-state index contributed by atoms with van der Waals surface area (Å²) < 4.78 is 9.77. The van der Waals surface area contributed by atoms with Gasteiger partial charge >= 0.3 is 5.97 Å². The third-order valence-electron chi connectivity index (χ3n) is 4.59. The highest BCUT2D eigenvalue weighted by Crippen LogP contribution is 2.33. The van der Waals surface area contributed by atoms with Gasteiger partial charge in [0.25, 0.3) is 0 Å². The van der Waals surface area contributed by atoms with Gasteiger partial charge in [-0.3, -0.25) is 9.20 Å². The summed E-state index contributed by atoms with van der Waals surface area (Å²) in [7, 11) is 0. The average Bonchev–Trinajstić information content (AvgIpc) is 3.20. The minimum absolute atomic E-state index is 0.255. The normalized spacial score (nSPS) is 11.7. The first-order chi connectivity index (χ1) is 12.7. The van der Waals surface area contributed by atoms with E-state index in [1.807, 2.05) is 30.5 Å². The Bertz CT molecular complexity index is 1120. The highest BCUT2D eigenvalue weighted by molar-refractivity contribution is 6.00. The molecule has 3 heterocycles. The van der Waals surface area contributed by atoms with Crippen molar-refractivity contribution in [1.82, 2.24) is 18.9 Å². The number of ether oxygens (including phenoxy) is 1. The van der Waals surface area contributed by atoms with Crippen LogP contribution in [0.15, 0.2) is 30.5 Å². The maximum atomic E-state index is 11.9. The van der Waals surface area contributed by atoms with E-state index in [0.717, 1.165) is 52.9 Å². The quantitative estimate of drug-likeness (QED) is 0.508. The van der Waals surface area contributed by atoms with Crippen LogP contribution >= 0.6 is 0 Å². The fraction of sp³-hybridized carbons (Fsp3) is 0.350. The van der Waals surface area contributed by atoms with Crippen molar-refractivity contribution in [2.45, 2.75) is 46.6 Å². The minimum atomic E-state index is -0.255. The molecule has 0 aliphatic carbocycles. The fourth-order valence-corrected chi connectivity index (χ4v) is 3.40. The second kappa shape index (κ2) is 6.44. The van der Waals surface area contributed by atoms with Gasteiger partial charge in [0.05, 0.1) is 11.0 Å². The molecule has 0 saturated heterocycles. The first kappa shape index (κ1) is 16.6. The van der Waals surface area contributed by atoms with Gasteiger partial charge in [-0.2, -0.15) is 0 Å².